The molecule has 1 spiro atoms. The van der Waals surface area contributed by atoms with Crippen LogP contribution in [0.25, 0.3) is 0 Å². The minimum Gasteiger partial charge on any atom is -0.308 e. The molecule has 0 atom stereocenters. The summed E-state index contributed by atoms with van der Waals surface area (Å²) in [5.74, 6) is 0. The van der Waals surface area contributed by atoms with Gasteiger partial charge in [0.2, 0.25) is 0 Å². The van der Waals surface area contributed by atoms with Crippen molar-refractivity contribution in [3.63, 3.8) is 0 Å². The van der Waals surface area contributed by atoms with Gasteiger partial charge in [-0.2, -0.15) is 0 Å². The van der Waals surface area contributed by atoms with Gasteiger partial charge in [-0.25, -0.2) is 4.98 Å². The van der Waals surface area contributed by atoms with Crippen LogP contribution in [-0.4, -0.2) is 29.0 Å². The molecule has 118 valence electrons. The van der Waals surface area contributed by atoms with Crippen molar-refractivity contribution in [2.45, 2.75) is 71.5 Å². The van der Waals surface area contributed by atoms with Gasteiger partial charge < -0.3 is 5.32 Å². The number of nitrogens with zero attached hydrogens (tertiary/aromatic N) is 2. The fourth-order valence-electron chi connectivity index (χ4n) is 3.83. The second kappa shape index (κ2) is 6.76. The monoisotopic (exact) mass is 307 g/mol. The molecule has 2 fully saturated rings. The second-order valence-electron chi connectivity index (χ2n) is 7.25. The predicted molar refractivity (Wildman–Crippen MR) is 89.5 cm³/mol. The molecule has 1 aromatic heterocycles. The highest BCUT2D eigenvalue weighted by Gasteiger charge is 2.36. The Morgan fingerprint density at radius 3 is 2.62 bits per heavy atom. The summed E-state index contributed by atoms with van der Waals surface area (Å²) < 4.78 is 0. The molecule has 1 aliphatic carbocycles. The maximum absolute atomic E-state index is 4.78. The third kappa shape index (κ3) is 4.05. The Balaban J connectivity index is 1.47. The summed E-state index contributed by atoms with van der Waals surface area (Å²) in [6.45, 7) is 8.87. The van der Waals surface area contributed by atoms with Crippen molar-refractivity contribution in [2.24, 2.45) is 5.41 Å². The van der Waals surface area contributed by atoms with Crippen molar-refractivity contribution in [3.8, 4) is 0 Å². The molecule has 2 aliphatic rings. The average Bonchev–Trinajstić information content (AvgIpc) is 3.09. The summed E-state index contributed by atoms with van der Waals surface area (Å²) in [5, 5.41) is 6.92. The van der Waals surface area contributed by atoms with Gasteiger partial charge in [0.05, 0.1) is 5.69 Å². The fraction of sp³-hybridized carbons (Fsp3) is 0.824. The van der Waals surface area contributed by atoms with Crippen molar-refractivity contribution in [1.82, 2.24) is 15.2 Å². The third-order valence-electron chi connectivity index (χ3n) is 5.23. The van der Waals surface area contributed by atoms with E-state index >= 15 is 0 Å². The number of nitrogens with one attached hydrogen (secondary N) is 1. The molecule has 0 bridgehead atoms. The zero-order valence-electron chi connectivity index (χ0n) is 13.5. The van der Waals surface area contributed by atoms with Gasteiger partial charge in [0.25, 0.3) is 0 Å². The van der Waals surface area contributed by atoms with E-state index < -0.39 is 0 Å². The van der Waals surface area contributed by atoms with Crippen LogP contribution in [0.15, 0.2) is 5.38 Å². The fourth-order valence-corrected chi connectivity index (χ4v) is 4.57. The van der Waals surface area contributed by atoms with Crippen LogP contribution in [0, 0.1) is 5.41 Å². The van der Waals surface area contributed by atoms with Crippen LogP contribution in [0.5, 0.6) is 0 Å². The number of hydrogen-bond acceptors (Lipinski definition) is 4. The molecule has 2 heterocycles. The van der Waals surface area contributed by atoms with Crippen LogP contribution >= 0.6 is 11.3 Å². The minimum absolute atomic E-state index is 0.530. The first-order valence-corrected chi connectivity index (χ1v) is 9.42. The summed E-state index contributed by atoms with van der Waals surface area (Å²) in [4.78, 5) is 7.39. The quantitative estimate of drug-likeness (QED) is 0.897. The highest BCUT2D eigenvalue weighted by Crippen LogP contribution is 2.46. The lowest BCUT2D eigenvalue weighted by molar-refractivity contribution is 0.103. The van der Waals surface area contributed by atoms with Crippen LogP contribution in [0.4, 0.5) is 0 Å². The lowest BCUT2D eigenvalue weighted by Gasteiger charge is -2.39. The van der Waals surface area contributed by atoms with Gasteiger partial charge in [0, 0.05) is 24.5 Å². The summed E-state index contributed by atoms with van der Waals surface area (Å²) in [5.41, 5.74) is 1.99. The van der Waals surface area contributed by atoms with E-state index in [1.54, 1.807) is 11.3 Å². The summed E-state index contributed by atoms with van der Waals surface area (Å²) in [7, 11) is 0. The molecule has 1 saturated heterocycles. The molecule has 0 unspecified atom stereocenters. The Hall–Kier alpha value is -0.450. The van der Waals surface area contributed by atoms with Crippen LogP contribution in [0.1, 0.15) is 63.1 Å². The van der Waals surface area contributed by atoms with E-state index in [1.807, 2.05) is 0 Å². The van der Waals surface area contributed by atoms with Gasteiger partial charge >= 0.3 is 0 Å². The minimum atomic E-state index is 0.530. The number of likely N-dealkylation sites (tertiary alicyclic amines) is 1. The first-order valence-electron chi connectivity index (χ1n) is 8.54. The van der Waals surface area contributed by atoms with E-state index in [9.17, 15) is 0 Å². The zero-order chi connectivity index (χ0) is 14.7. The average molecular weight is 308 g/mol. The van der Waals surface area contributed by atoms with E-state index in [0.29, 0.717) is 6.04 Å². The van der Waals surface area contributed by atoms with Gasteiger partial charge in [-0.05, 0) is 44.2 Å². The zero-order valence-corrected chi connectivity index (χ0v) is 14.3. The van der Waals surface area contributed by atoms with Crippen molar-refractivity contribution in [1.29, 1.82) is 0 Å². The summed E-state index contributed by atoms with van der Waals surface area (Å²) in [6.07, 6.45) is 8.75. The lowest BCUT2D eigenvalue weighted by Crippen LogP contribution is -2.38. The first kappa shape index (κ1) is 15.4. The predicted octanol–water partition coefficient (Wildman–Crippen LogP) is 3.80. The molecule has 1 aliphatic heterocycles. The third-order valence-corrected chi connectivity index (χ3v) is 6.13. The molecule has 3 nitrogen and oxygen atoms in total. The highest BCUT2D eigenvalue weighted by molar-refractivity contribution is 7.09. The van der Waals surface area contributed by atoms with Crippen LogP contribution in [0.2, 0.25) is 0 Å². The van der Waals surface area contributed by atoms with E-state index in [1.165, 1.54) is 62.3 Å². The molecule has 21 heavy (non-hydrogen) atoms. The maximum atomic E-state index is 4.78. The lowest BCUT2D eigenvalue weighted by atomic mass is 9.77. The molecular formula is C17H29N3S. The normalized spacial score (nSPS) is 22.4. The Labute approximate surface area is 133 Å². The molecule has 1 saturated carbocycles. The number of aromatic nitrogens is 1. The maximum Gasteiger partial charge on any atom is 0.107 e. The van der Waals surface area contributed by atoms with Gasteiger partial charge in [-0.3, -0.25) is 4.90 Å². The Morgan fingerprint density at radius 1 is 1.24 bits per heavy atom. The van der Waals surface area contributed by atoms with Gasteiger partial charge in [0.1, 0.15) is 5.01 Å². The summed E-state index contributed by atoms with van der Waals surface area (Å²) >= 11 is 1.80. The topological polar surface area (TPSA) is 28.2 Å². The Kier molecular flexibility index (Phi) is 4.97. The first-order chi connectivity index (χ1) is 10.2. The van der Waals surface area contributed by atoms with Gasteiger partial charge in [-0.15, -0.1) is 11.3 Å². The van der Waals surface area contributed by atoms with Gasteiger partial charge in [-0.1, -0.05) is 26.7 Å². The second-order valence-corrected chi connectivity index (χ2v) is 8.19. The standard InChI is InChI=1S/C17H29N3S/c1-14(2)18-11-16-19-15(13-21-16)12-20-9-7-17(8-10-20)5-3-4-6-17/h13-14,18H,3-12H2,1-2H3. The van der Waals surface area contributed by atoms with E-state index in [0.717, 1.165) is 18.5 Å². The molecule has 0 amide bonds. The molecule has 1 aromatic rings. The van der Waals surface area contributed by atoms with Gasteiger partial charge in [0.15, 0.2) is 0 Å². The largest absolute Gasteiger partial charge is 0.308 e. The van der Waals surface area contributed by atoms with Crippen molar-refractivity contribution in [2.75, 3.05) is 13.1 Å². The van der Waals surface area contributed by atoms with Crippen molar-refractivity contribution < 1.29 is 0 Å². The van der Waals surface area contributed by atoms with E-state index in [-0.39, 0.29) is 0 Å². The number of hydrogen-bond donors (Lipinski definition) is 1. The molecule has 3 rings (SSSR count). The van der Waals surface area contributed by atoms with E-state index in [4.69, 9.17) is 4.98 Å². The van der Waals surface area contributed by atoms with Crippen molar-refractivity contribution in [3.05, 3.63) is 16.1 Å². The molecule has 0 radical (unpaired) electrons. The number of thiazole rings is 1. The molecule has 0 aromatic carbocycles. The number of piperidine rings is 1. The Bertz CT molecular complexity index is 439. The molecule has 1 N–H and O–H groups in total. The number of rotatable bonds is 5. The van der Waals surface area contributed by atoms with E-state index in [2.05, 4.69) is 29.4 Å². The SMILES string of the molecule is CC(C)NCc1nc(CN2CCC3(CCCC3)CC2)cs1. The van der Waals surface area contributed by atoms with Crippen LogP contribution in [-0.2, 0) is 13.1 Å². The molecular weight excluding hydrogens is 278 g/mol. The highest BCUT2D eigenvalue weighted by atomic mass is 32.1. The molecule has 4 heteroatoms. The smallest absolute Gasteiger partial charge is 0.107 e. The summed E-state index contributed by atoms with van der Waals surface area (Å²) in [6, 6.07) is 0.530. The van der Waals surface area contributed by atoms with Crippen LogP contribution in [0.3, 0.4) is 0 Å². The Morgan fingerprint density at radius 2 is 1.95 bits per heavy atom. The van der Waals surface area contributed by atoms with Crippen molar-refractivity contribution >= 4 is 11.3 Å². The van der Waals surface area contributed by atoms with Crippen LogP contribution < -0.4 is 5.32 Å².